The maximum absolute atomic E-state index is 8.76. The number of aliphatic hydroxyl groups excluding tert-OH is 1. The summed E-state index contributed by atoms with van der Waals surface area (Å²) in [5.41, 5.74) is 1.14. The highest BCUT2D eigenvalue weighted by Gasteiger charge is 2.10. The number of para-hydroxylation sites is 1. The number of aliphatic hydroxyl groups is 1. The van der Waals surface area contributed by atoms with Crippen molar-refractivity contribution in [3.63, 3.8) is 0 Å². The summed E-state index contributed by atoms with van der Waals surface area (Å²) in [6, 6.07) is 6.04. The van der Waals surface area contributed by atoms with Crippen LogP contribution in [0.4, 0.5) is 0 Å². The highest BCUT2D eigenvalue weighted by atomic mass is 16.5. The summed E-state index contributed by atoms with van der Waals surface area (Å²) in [6.45, 7) is 7.40. The van der Waals surface area contributed by atoms with Gasteiger partial charge in [-0.15, -0.1) is 0 Å². The van der Waals surface area contributed by atoms with Crippen molar-refractivity contribution in [3.05, 3.63) is 23.8 Å². The molecule has 0 aliphatic carbocycles. The van der Waals surface area contributed by atoms with Gasteiger partial charge in [0.2, 0.25) is 0 Å². The van der Waals surface area contributed by atoms with Crippen LogP contribution in [-0.4, -0.2) is 31.5 Å². The molecule has 0 bridgehead atoms. The van der Waals surface area contributed by atoms with E-state index in [0.29, 0.717) is 13.2 Å². The highest BCUT2D eigenvalue weighted by Crippen LogP contribution is 2.31. The van der Waals surface area contributed by atoms with E-state index in [-0.39, 0.29) is 6.61 Å². The maximum atomic E-state index is 8.76. The Morgan fingerprint density at radius 1 is 1.05 bits per heavy atom. The first-order valence-corrected chi connectivity index (χ1v) is 8.02. The molecule has 120 valence electrons. The molecule has 0 saturated carbocycles. The van der Waals surface area contributed by atoms with Crippen molar-refractivity contribution in [2.75, 3.05) is 26.4 Å². The molecule has 2 N–H and O–H groups in total. The Hall–Kier alpha value is -1.26. The molecule has 0 saturated heterocycles. The van der Waals surface area contributed by atoms with Crippen molar-refractivity contribution in [1.29, 1.82) is 0 Å². The standard InChI is InChI=1S/C17H29NO3/c1-3-18-14-15-10-9-11-16(20-4-2)17(15)21-13-8-6-5-7-12-19/h9-11,18-19H,3-8,12-14H2,1-2H3. The fourth-order valence-electron chi connectivity index (χ4n) is 2.13. The van der Waals surface area contributed by atoms with Crippen LogP contribution in [0.1, 0.15) is 45.1 Å². The number of hydrogen-bond acceptors (Lipinski definition) is 4. The third-order valence-electron chi connectivity index (χ3n) is 3.22. The summed E-state index contributed by atoms with van der Waals surface area (Å²) in [5.74, 6) is 1.69. The van der Waals surface area contributed by atoms with Crippen molar-refractivity contribution >= 4 is 0 Å². The smallest absolute Gasteiger partial charge is 0.165 e. The first-order valence-electron chi connectivity index (χ1n) is 8.02. The molecule has 1 rings (SSSR count). The molecule has 4 nitrogen and oxygen atoms in total. The topological polar surface area (TPSA) is 50.7 Å². The van der Waals surface area contributed by atoms with Gasteiger partial charge in [-0.05, 0) is 38.8 Å². The van der Waals surface area contributed by atoms with Gasteiger partial charge in [-0.25, -0.2) is 0 Å². The van der Waals surface area contributed by atoms with Crippen LogP contribution in [0.15, 0.2) is 18.2 Å². The Balaban J connectivity index is 2.58. The lowest BCUT2D eigenvalue weighted by molar-refractivity contribution is 0.260. The molecule has 0 aliphatic rings. The first kappa shape index (κ1) is 17.8. The van der Waals surface area contributed by atoms with E-state index in [1.807, 2.05) is 19.1 Å². The summed E-state index contributed by atoms with van der Waals surface area (Å²) in [5, 5.41) is 12.1. The summed E-state index contributed by atoms with van der Waals surface area (Å²) in [7, 11) is 0. The quantitative estimate of drug-likeness (QED) is 0.582. The molecule has 0 aliphatic heterocycles. The zero-order valence-corrected chi connectivity index (χ0v) is 13.4. The molecule has 1 aromatic rings. The molecule has 0 radical (unpaired) electrons. The van der Waals surface area contributed by atoms with Gasteiger partial charge < -0.3 is 19.9 Å². The lowest BCUT2D eigenvalue weighted by atomic mass is 10.1. The van der Waals surface area contributed by atoms with Crippen LogP contribution < -0.4 is 14.8 Å². The van der Waals surface area contributed by atoms with Crippen LogP contribution in [0.3, 0.4) is 0 Å². The van der Waals surface area contributed by atoms with Crippen LogP contribution >= 0.6 is 0 Å². The Bertz CT molecular complexity index is 382. The van der Waals surface area contributed by atoms with Crippen molar-refractivity contribution in [2.24, 2.45) is 0 Å². The maximum Gasteiger partial charge on any atom is 0.165 e. The first-order chi connectivity index (χ1) is 10.3. The second-order valence-corrected chi connectivity index (χ2v) is 4.94. The Kier molecular flexibility index (Phi) is 9.66. The minimum Gasteiger partial charge on any atom is -0.490 e. The van der Waals surface area contributed by atoms with Gasteiger partial charge in [0.25, 0.3) is 0 Å². The fraction of sp³-hybridized carbons (Fsp3) is 0.647. The van der Waals surface area contributed by atoms with E-state index in [4.69, 9.17) is 14.6 Å². The second-order valence-electron chi connectivity index (χ2n) is 4.94. The highest BCUT2D eigenvalue weighted by molar-refractivity contribution is 5.46. The number of hydrogen-bond donors (Lipinski definition) is 2. The molecular formula is C17H29NO3. The minimum atomic E-state index is 0.279. The molecule has 4 heteroatoms. The SMILES string of the molecule is CCNCc1cccc(OCC)c1OCCCCCCO. The normalized spacial score (nSPS) is 10.6. The van der Waals surface area contributed by atoms with Gasteiger partial charge in [0.05, 0.1) is 13.2 Å². The average molecular weight is 295 g/mol. The molecule has 0 heterocycles. The van der Waals surface area contributed by atoms with Gasteiger partial charge in [-0.1, -0.05) is 25.5 Å². The number of rotatable bonds is 12. The van der Waals surface area contributed by atoms with Crippen LogP contribution in [-0.2, 0) is 6.54 Å². The lowest BCUT2D eigenvalue weighted by Crippen LogP contribution is -2.13. The molecule has 0 unspecified atom stereocenters. The van der Waals surface area contributed by atoms with E-state index in [1.54, 1.807) is 0 Å². The molecule has 0 aromatic heterocycles. The molecule has 0 atom stereocenters. The summed E-state index contributed by atoms with van der Waals surface area (Å²) >= 11 is 0. The van der Waals surface area contributed by atoms with Gasteiger partial charge in [0.1, 0.15) is 0 Å². The van der Waals surface area contributed by atoms with Crippen LogP contribution in [0.5, 0.6) is 11.5 Å². The van der Waals surface area contributed by atoms with Gasteiger partial charge in [-0.3, -0.25) is 0 Å². The van der Waals surface area contributed by atoms with Crippen LogP contribution in [0.2, 0.25) is 0 Å². The van der Waals surface area contributed by atoms with Crippen molar-refractivity contribution in [1.82, 2.24) is 5.32 Å². The predicted molar refractivity (Wildman–Crippen MR) is 86.0 cm³/mol. The van der Waals surface area contributed by atoms with E-state index in [0.717, 1.165) is 55.8 Å². The Labute approximate surface area is 128 Å². The van der Waals surface area contributed by atoms with E-state index in [2.05, 4.69) is 18.3 Å². The van der Waals surface area contributed by atoms with E-state index in [1.165, 1.54) is 0 Å². The Morgan fingerprint density at radius 2 is 1.86 bits per heavy atom. The molecule has 21 heavy (non-hydrogen) atoms. The van der Waals surface area contributed by atoms with Crippen molar-refractivity contribution < 1.29 is 14.6 Å². The van der Waals surface area contributed by atoms with Crippen LogP contribution in [0, 0.1) is 0 Å². The molecule has 0 spiro atoms. The van der Waals surface area contributed by atoms with Gasteiger partial charge in [0, 0.05) is 18.7 Å². The van der Waals surface area contributed by atoms with Gasteiger partial charge in [-0.2, -0.15) is 0 Å². The van der Waals surface area contributed by atoms with Gasteiger partial charge in [0.15, 0.2) is 11.5 Å². The number of ether oxygens (including phenoxy) is 2. The lowest BCUT2D eigenvalue weighted by Gasteiger charge is -2.16. The van der Waals surface area contributed by atoms with Crippen LogP contribution in [0.25, 0.3) is 0 Å². The molecular weight excluding hydrogens is 266 g/mol. The predicted octanol–water partition coefficient (Wildman–Crippen LogP) is 3.13. The van der Waals surface area contributed by atoms with E-state index in [9.17, 15) is 0 Å². The number of nitrogens with one attached hydrogen (secondary N) is 1. The zero-order valence-electron chi connectivity index (χ0n) is 13.4. The molecule has 0 amide bonds. The van der Waals surface area contributed by atoms with E-state index < -0.39 is 0 Å². The monoisotopic (exact) mass is 295 g/mol. The zero-order chi connectivity index (χ0) is 15.3. The second kappa shape index (κ2) is 11.4. The number of unbranched alkanes of at least 4 members (excludes halogenated alkanes) is 3. The van der Waals surface area contributed by atoms with Gasteiger partial charge >= 0.3 is 0 Å². The molecule has 0 fully saturated rings. The van der Waals surface area contributed by atoms with E-state index >= 15 is 0 Å². The average Bonchev–Trinajstić information content (AvgIpc) is 2.50. The van der Waals surface area contributed by atoms with Crippen molar-refractivity contribution in [3.8, 4) is 11.5 Å². The van der Waals surface area contributed by atoms with Crippen molar-refractivity contribution in [2.45, 2.75) is 46.1 Å². The summed E-state index contributed by atoms with van der Waals surface area (Å²) in [4.78, 5) is 0. The largest absolute Gasteiger partial charge is 0.490 e. The molecule has 1 aromatic carbocycles. The number of benzene rings is 1. The summed E-state index contributed by atoms with van der Waals surface area (Å²) in [6.07, 6.45) is 4.01. The fourth-order valence-corrected chi connectivity index (χ4v) is 2.13. The minimum absolute atomic E-state index is 0.279. The summed E-state index contributed by atoms with van der Waals surface area (Å²) < 4.78 is 11.6. The third kappa shape index (κ3) is 6.82. The Morgan fingerprint density at radius 3 is 2.57 bits per heavy atom. The third-order valence-corrected chi connectivity index (χ3v) is 3.22.